The van der Waals surface area contributed by atoms with E-state index in [4.69, 9.17) is 17.3 Å². The van der Waals surface area contributed by atoms with Gasteiger partial charge in [0.05, 0.1) is 11.6 Å². The summed E-state index contributed by atoms with van der Waals surface area (Å²) in [5.74, 6) is -7.68. The molecular formula is C17H12ClF6NO2. The zero-order valence-electron chi connectivity index (χ0n) is 13.4. The first-order valence-corrected chi connectivity index (χ1v) is 7.72. The Morgan fingerprint density at radius 3 is 2.19 bits per heavy atom. The van der Waals surface area contributed by atoms with Crippen LogP contribution in [-0.4, -0.2) is 24.5 Å². The molecule has 0 aliphatic heterocycles. The molecule has 2 rings (SSSR count). The van der Waals surface area contributed by atoms with E-state index >= 15 is 0 Å². The van der Waals surface area contributed by atoms with Gasteiger partial charge in [-0.2, -0.15) is 22.0 Å². The molecule has 0 heterocycles. The highest BCUT2D eigenvalue weighted by molar-refractivity contribution is 6.30. The van der Waals surface area contributed by atoms with E-state index in [1.165, 1.54) is 24.3 Å². The number of hydrogen-bond donors (Lipinski definition) is 1. The lowest BCUT2D eigenvalue weighted by Crippen LogP contribution is -2.41. The summed E-state index contributed by atoms with van der Waals surface area (Å²) in [4.78, 5) is 12.3. The Bertz CT molecular complexity index is 823. The number of ether oxygens (including phenoxy) is 1. The molecule has 2 aromatic carbocycles. The number of halogens is 7. The Kier molecular flexibility index (Phi) is 6.06. The van der Waals surface area contributed by atoms with Crippen LogP contribution < -0.4 is 10.5 Å². The van der Waals surface area contributed by atoms with Crippen LogP contribution in [0.25, 0.3) is 0 Å². The topological polar surface area (TPSA) is 52.3 Å². The minimum atomic E-state index is -5.80. The molecule has 2 aromatic rings. The molecule has 3 nitrogen and oxygen atoms in total. The zero-order chi connectivity index (χ0) is 20.4. The number of carbonyl (C=O) groups is 1. The van der Waals surface area contributed by atoms with Crippen molar-refractivity contribution in [3.05, 3.63) is 64.4 Å². The first kappa shape index (κ1) is 21.0. The molecular weight excluding hydrogens is 400 g/mol. The highest BCUT2D eigenvalue weighted by Crippen LogP contribution is 2.36. The van der Waals surface area contributed by atoms with Crippen molar-refractivity contribution in [2.24, 2.45) is 5.73 Å². The molecule has 0 spiro atoms. The summed E-state index contributed by atoms with van der Waals surface area (Å²) in [5.41, 5.74) is 5.67. The van der Waals surface area contributed by atoms with Gasteiger partial charge >= 0.3 is 12.1 Å². The summed E-state index contributed by atoms with van der Waals surface area (Å²) < 4.78 is 80.3. The van der Waals surface area contributed by atoms with Crippen molar-refractivity contribution in [3.63, 3.8) is 0 Å². The summed E-state index contributed by atoms with van der Waals surface area (Å²) in [6.07, 6.45) is -5.80. The normalized spacial score (nSPS) is 13.3. The molecule has 0 aliphatic rings. The number of nitrogens with two attached hydrogens (primary N) is 1. The molecule has 0 aromatic heterocycles. The van der Waals surface area contributed by atoms with E-state index in [1.807, 2.05) is 0 Å². The summed E-state index contributed by atoms with van der Waals surface area (Å²) in [6.45, 7) is -2.02. The lowest BCUT2D eigenvalue weighted by molar-refractivity contribution is -0.290. The predicted molar refractivity (Wildman–Crippen MR) is 85.6 cm³/mol. The number of Topliss-reactive ketones (excluding diaryl/α,β-unsaturated/α-hetero) is 1. The largest absolute Gasteiger partial charge is 0.487 e. The summed E-state index contributed by atoms with van der Waals surface area (Å²) in [5, 5.41) is 0.404. The van der Waals surface area contributed by atoms with Crippen molar-refractivity contribution in [1.29, 1.82) is 0 Å². The number of alkyl halides is 5. The van der Waals surface area contributed by atoms with Gasteiger partial charge in [0.25, 0.3) is 0 Å². The molecule has 0 fully saturated rings. The van der Waals surface area contributed by atoms with Gasteiger partial charge in [-0.1, -0.05) is 23.7 Å². The Balaban J connectivity index is 2.14. The molecule has 10 heteroatoms. The second kappa shape index (κ2) is 7.77. The molecule has 1 unspecified atom stereocenters. The first-order valence-electron chi connectivity index (χ1n) is 7.34. The second-order valence-electron chi connectivity index (χ2n) is 5.53. The van der Waals surface area contributed by atoms with Crippen molar-refractivity contribution < 1.29 is 35.9 Å². The fraction of sp³-hybridized carbons (Fsp3) is 0.235. The Morgan fingerprint density at radius 2 is 1.67 bits per heavy atom. The lowest BCUT2D eigenvalue weighted by Gasteiger charge is -2.20. The summed E-state index contributed by atoms with van der Waals surface area (Å²) in [7, 11) is 0. The van der Waals surface area contributed by atoms with Gasteiger partial charge in [-0.25, -0.2) is 4.39 Å². The predicted octanol–water partition coefficient (Wildman–Crippen LogP) is 4.94. The van der Waals surface area contributed by atoms with Crippen LogP contribution in [0.3, 0.4) is 0 Å². The van der Waals surface area contributed by atoms with Crippen LogP contribution in [-0.2, 0) is 0 Å². The maximum atomic E-state index is 14.1. The van der Waals surface area contributed by atoms with E-state index in [0.717, 1.165) is 12.1 Å². The van der Waals surface area contributed by atoms with E-state index in [9.17, 15) is 31.1 Å². The molecule has 0 aliphatic carbocycles. The van der Waals surface area contributed by atoms with Crippen molar-refractivity contribution >= 4 is 17.4 Å². The maximum absolute atomic E-state index is 14.1. The van der Waals surface area contributed by atoms with Crippen LogP contribution in [0.5, 0.6) is 5.75 Å². The van der Waals surface area contributed by atoms with E-state index in [0.29, 0.717) is 16.7 Å². The molecule has 2 N–H and O–H groups in total. The second-order valence-corrected chi connectivity index (χ2v) is 5.96. The van der Waals surface area contributed by atoms with Crippen molar-refractivity contribution in [1.82, 2.24) is 0 Å². The maximum Gasteiger partial charge on any atom is 0.456 e. The van der Waals surface area contributed by atoms with E-state index in [2.05, 4.69) is 4.74 Å². The third-order valence-electron chi connectivity index (χ3n) is 3.55. The molecule has 146 valence electrons. The third kappa shape index (κ3) is 4.92. The van der Waals surface area contributed by atoms with Crippen molar-refractivity contribution in [3.8, 4) is 5.75 Å². The van der Waals surface area contributed by atoms with Gasteiger partial charge in [-0.3, -0.25) is 4.79 Å². The number of benzene rings is 2. The van der Waals surface area contributed by atoms with Crippen molar-refractivity contribution in [2.45, 2.75) is 18.1 Å². The van der Waals surface area contributed by atoms with Gasteiger partial charge in [0.15, 0.2) is 12.4 Å². The Labute approximate surface area is 154 Å². The number of ketones is 1. The highest BCUT2D eigenvalue weighted by Gasteiger charge is 2.58. The Morgan fingerprint density at radius 1 is 1.07 bits per heavy atom. The summed E-state index contributed by atoms with van der Waals surface area (Å²) >= 11 is 5.72. The summed E-state index contributed by atoms with van der Waals surface area (Å²) in [6, 6.07) is 7.02. The zero-order valence-corrected chi connectivity index (χ0v) is 14.1. The molecule has 0 radical (unpaired) electrons. The van der Waals surface area contributed by atoms with Gasteiger partial charge in [0.1, 0.15) is 11.6 Å². The number of hydrogen-bond acceptors (Lipinski definition) is 3. The average Bonchev–Trinajstić information content (AvgIpc) is 2.58. The fourth-order valence-electron chi connectivity index (χ4n) is 2.03. The monoisotopic (exact) mass is 411 g/mol. The van der Waals surface area contributed by atoms with Crippen LogP contribution in [0.4, 0.5) is 26.3 Å². The van der Waals surface area contributed by atoms with Crippen molar-refractivity contribution in [2.75, 3.05) is 6.61 Å². The smallest absolute Gasteiger partial charge is 0.456 e. The fourth-order valence-corrected chi connectivity index (χ4v) is 2.16. The van der Waals surface area contributed by atoms with E-state index in [-0.39, 0.29) is 0 Å². The quantitative estimate of drug-likeness (QED) is 0.541. The van der Waals surface area contributed by atoms with Crippen LogP contribution >= 0.6 is 11.6 Å². The van der Waals surface area contributed by atoms with Crippen LogP contribution in [0.15, 0.2) is 42.5 Å². The standard InChI is InChI=1S/C17H12ClF6NO2/c18-10-3-1-9(2-4-10)14(25)15(26)12-6-5-11(7-13(12)19)27-8-16(20,21)17(22,23)24/h1-7,14H,8,25H2. The third-order valence-corrected chi connectivity index (χ3v) is 3.80. The van der Waals surface area contributed by atoms with Crippen LogP contribution in [0, 0.1) is 5.82 Å². The van der Waals surface area contributed by atoms with Gasteiger partial charge in [-0.05, 0) is 29.8 Å². The molecule has 0 amide bonds. The minimum Gasteiger partial charge on any atom is -0.487 e. The molecule has 0 bridgehead atoms. The van der Waals surface area contributed by atoms with Gasteiger partial charge in [0.2, 0.25) is 0 Å². The van der Waals surface area contributed by atoms with Gasteiger partial charge in [-0.15, -0.1) is 0 Å². The SMILES string of the molecule is NC(C(=O)c1ccc(OCC(F)(F)C(F)(F)F)cc1F)c1ccc(Cl)cc1. The van der Waals surface area contributed by atoms with Crippen LogP contribution in [0.2, 0.25) is 5.02 Å². The number of carbonyl (C=O) groups excluding carboxylic acids is 1. The van der Waals surface area contributed by atoms with E-state index < -0.39 is 47.7 Å². The van der Waals surface area contributed by atoms with Gasteiger partial charge in [0, 0.05) is 11.1 Å². The lowest BCUT2D eigenvalue weighted by atomic mass is 9.98. The first-order chi connectivity index (χ1) is 12.4. The number of rotatable bonds is 6. The molecule has 27 heavy (non-hydrogen) atoms. The Hall–Kier alpha value is -2.26. The van der Waals surface area contributed by atoms with Gasteiger partial charge < -0.3 is 10.5 Å². The highest BCUT2D eigenvalue weighted by atomic mass is 35.5. The molecule has 1 atom stereocenters. The average molecular weight is 412 g/mol. The van der Waals surface area contributed by atoms with E-state index in [1.54, 1.807) is 0 Å². The molecule has 0 saturated heterocycles. The van der Waals surface area contributed by atoms with Crippen LogP contribution in [0.1, 0.15) is 22.0 Å². The molecule has 0 saturated carbocycles. The minimum absolute atomic E-state index is 0.356.